The molecule has 0 spiro atoms. The molecule has 2 fully saturated rings. The Balaban J connectivity index is 1.69. The van der Waals surface area contributed by atoms with Crippen molar-refractivity contribution in [3.8, 4) is 0 Å². The number of nitrogens with one attached hydrogen (secondary N) is 1. The second-order valence-electron chi connectivity index (χ2n) is 5.84. The molecule has 2 nitrogen and oxygen atoms in total. The fourth-order valence-electron chi connectivity index (χ4n) is 2.58. The van der Waals surface area contributed by atoms with Crippen LogP contribution in [0.15, 0.2) is 24.3 Å². The fraction of sp³-hybridized carbons (Fsp3) is 0.571. The number of hydrogen-bond acceptors (Lipinski definition) is 2. The Morgan fingerprint density at radius 1 is 1.05 bits per heavy atom. The average Bonchev–Trinajstić information content (AvgIpc) is 3.22. The van der Waals surface area contributed by atoms with E-state index in [2.05, 4.69) is 5.32 Å². The third-order valence-corrected chi connectivity index (χ3v) is 4.43. The van der Waals surface area contributed by atoms with E-state index in [0.29, 0.717) is 12.2 Å². The summed E-state index contributed by atoms with van der Waals surface area (Å²) < 4.78 is 38.6. The van der Waals surface area contributed by atoms with Crippen LogP contribution in [-0.4, -0.2) is 18.3 Å². The lowest BCUT2D eigenvalue weighted by molar-refractivity contribution is -0.166. The van der Waals surface area contributed by atoms with Gasteiger partial charge in [-0.2, -0.15) is 13.2 Å². The Hall–Kier alpha value is -1.23. The topological polar surface area (TPSA) is 38.0 Å². The summed E-state index contributed by atoms with van der Waals surface area (Å²) in [5.41, 5.74) is 5.68. The summed E-state index contributed by atoms with van der Waals surface area (Å²) in [7, 11) is 0. The van der Waals surface area contributed by atoms with Crippen LogP contribution in [0.1, 0.15) is 31.2 Å². The van der Waals surface area contributed by atoms with Gasteiger partial charge in [0.1, 0.15) is 5.54 Å². The minimum atomic E-state index is -4.13. The Morgan fingerprint density at radius 2 is 1.63 bits per heavy atom. The van der Waals surface area contributed by atoms with E-state index in [1.165, 1.54) is 0 Å². The molecule has 0 bridgehead atoms. The van der Waals surface area contributed by atoms with Crippen molar-refractivity contribution in [3.05, 3.63) is 29.8 Å². The lowest BCUT2D eigenvalue weighted by atomic mass is 9.95. The van der Waals surface area contributed by atoms with Crippen molar-refractivity contribution in [2.24, 2.45) is 0 Å². The number of benzene rings is 1. The highest BCUT2D eigenvalue weighted by atomic mass is 19.4. The molecule has 2 saturated carbocycles. The summed E-state index contributed by atoms with van der Waals surface area (Å²) in [6.45, 7) is 0.399. The smallest absolute Gasteiger partial charge is 0.399 e. The molecule has 104 valence electrons. The van der Waals surface area contributed by atoms with Crippen LogP contribution in [0, 0.1) is 0 Å². The maximum atomic E-state index is 12.9. The Morgan fingerprint density at radius 3 is 2.05 bits per heavy atom. The second kappa shape index (κ2) is 3.88. The summed E-state index contributed by atoms with van der Waals surface area (Å²) in [4.78, 5) is 0. The van der Waals surface area contributed by atoms with Crippen molar-refractivity contribution in [1.82, 2.24) is 5.32 Å². The van der Waals surface area contributed by atoms with Crippen LogP contribution < -0.4 is 11.1 Å². The molecular weight excluding hydrogens is 253 g/mol. The SMILES string of the molecule is Nc1ccc(C2(CNC3(C(F)(F)F)CC3)CC2)cc1. The van der Waals surface area contributed by atoms with E-state index < -0.39 is 11.7 Å². The van der Waals surface area contributed by atoms with Crippen LogP contribution in [0.25, 0.3) is 0 Å². The second-order valence-corrected chi connectivity index (χ2v) is 5.84. The first-order chi connectivity index (χ1) is 8.87. The molecule has 2 aliphatic carbocycles. The zero-order valence-corrected chi connectivity index (χ0v) is 10.6. The minimum Gasteiger partial charge on any atom is -0.399 e. The molecule has 0 amide bonds. The van der Waals surface area contributed by atoms with Crippen LogP contribution in [0.2, 0.25) is 0 Å². The number of anilines is 1. The van der Waals surface area contributed by atoms with Crippen LogP contribution >= 0.6 is 0 Å². The van der Waals surface area contributed by atoms with Crippen LogP contribution in [-0.2, 0) is 5.41 Å². The standard InChI is InChI=1S/C14H17F3N2/c15-14(16,17)13(7-8-13)19-9-12(5-6-12)10-1-3-11(18)4-2-10/h1-4,19H,5-9,18H2. The summed E-state index contributed by atoms with van der Waals surface area (Å²) in [5, 5.41) is 2.77. The van der Waals surface area contributed by atoms with Crippen molar-refractivity contribution in [2.45, 2.75) is 42.8 Å². The van der Waals surface area contributed by atoms with Gasteiger partial charge in [-0.1, -0.05) is 12.1 Å². The Labute approximate surface area is 110 Å². The van der Waals surface area contributed by atoms with E-state index in [1.54, 1.807) is 0 Å². The van der Waals surface area contributed by atoms with Gasteiger partial charge in [0, 0.05) is 17.6 Å². The van der Waals surface area contributed by atoms with E-state index in [4.69, 9.17) is 5.73 Å². The van der Waals surface area contributed by atoms with Gasteiger partial charge in [0.15, 0.2) is 0 Å². The van der Waals surface area contributed by atoms with Crippen molar-refractivity contribution in [1.29, 1.82) is 0 Å². The van der Waals surface area contributed by atoms with Crippen molar-refractivity contribution >= 4 is 5.69 Å². The molecule has 0 aromatic heterocycles. The lowest BCUT2D eigenvalue weighted by Crippen LogP contribution is -2.47. The van der Waals surface area contributed by atoms with Crippen LogP contribution in [0.4, 0.5) is 18.9 Å². The zero-order chi connectivity index (χ0) is 13.7. The highest BCUT2D eigenvalue weighted by Crippen LogP contribution is 2.52. The van der Waals surface area contributed by atoms with Crippen LogP contribution in [0.3, 0.4) is 0 Å². The van der Waals surface area contributed by atoms with Gasteiger partial charge in [0.2, 0.25) is 0 Å². The maximum absolute atomic E-state index is 12.9. The van der Waals surface area contributed by atoms with Crippen LogP contribution in [0.5, 0.6) is 0 Å². The normalized spacial score (nSPS) is 23.1. The molecule has 3 N–H and O–H groups in total. The summed E-state index contributed by atoms with van der Waals surface area (Å²) >= 11 is 0. The largest absolute Gasteiger partial charge is 0.406 e. The number of nitrogen functional groups attached to an aromatic ring is 1. The van der Waals surface area contributed by atoms with Crippen molar-refractivity contribution < 1.29 is 13.2 Å². The molecule has 1 aromatic rings. The molecule has 19 heavy (non-hydrogen) atoms. The third-order valence-electron chi connectivity index (χ3n) is 4.43. The number of halogens is 3. The van der Waals surface area contributed by atoms with E-state index in [9.17, 15) is 13.2 Å². The summed E-state index contributed by atoms with van der Waals surface area (Å²) in [5.74, 6) is 0. The van der Waals surface area contributed by atoms with E-state index >= 15 is 0 Å². The maximum Gasteiger partial charge on any atom is 0.406 e. The van der Waals surface area contributed by atoms with Gasteiger partial charge in [0.05, 0.1) is 0 Å². The first-order valence-electron chi connectivity index (χ1n) is 6.55. The third kappa shape index (κ3) is 2.20. The first-order valence-corrected chi connectivity index (χ1v) is 6.55. The molecule has 5 heteroatoms. The van der Waals surface area contributed by atoms with Gasteiger partial charge < -0.3 is 11.1 Å². The molecule has 1 aromatic carbocycles. The van der Waals surface area contributed by atoms with Gasteiger partial charge in [-0.15, -0.1) is 0 Å². The quantitative estimate of drug-likeness (QED) is 0.825. The monoisotopic (exact) mass is 270 g/mol. The molecule has 2 aliphatic rings. The van der Waals surface area contributed by atoms with E-state index in [0.717, 1.165) is 18.4 Å². The van der Waals surface area contributed by atoms with Gasteiger partial charge >= 0.3 is 6.18 Å². The molecule has 0 radical (unpaired) electrons. The molecule has 0 saturated heterocycles. The van der Waals surface area contributed by atoms with Crippen molar-refractivity contribution in [2.75, 3.05) is 12.3 Å². The van der Waals surface area contributed by atoms with Gasteiger partial charge in [-0.3, -0.25) is 0 Å². The number of rotatable bonds is 4. The number of alkyl halides is 3. The molecule has 3 rings (SSSR count). The lowest BCUT2D eigenvalue weighted by Gasteiger charge is -2.24. The summed E-state index contributed by atoms with van der Waals surface area (Å²) in [6, 6.07) is 7.48. The average molecular weight is 270 g/mol. The Bertz CT molecular complexity index is 470. The Kier molecular flexibility index (Phi) is 2.61. The fourth-order valence-corrected chi connectivity index (χ4v) is 2.58. The highest BCUT2D eigenvalue weighted by molar-refractivity contribution is 5.43. The van der Waals surface area contributed by atoms with E-state index in [1.807, 2.05) is 24.3 Å². The minimum absolute atomic E-state index is 0.117. The molecule has 0 aliphatic heterocycles. The molecule has 0 heterocycles. The number of nitrogens with two attached hydrogens (primary N) is 1. The molecule has 0 unspecified atom stereocenters. The van der Waals surface area contributed by atoms with E-state index in [-0.39, 0.29) is 18.3 Å². The highest BCUT2D eigenvalue weighted by Gasteiger charge is 2.64. The summed E-state index contributed by atoms with van der Waals surface area (Å²) in [6.07, 6.45) is -1.84. The van der Waals surface area contributed by atoms with Gasteiger partial charge in [-0.05, 0) is 43.4 Å². The van der Waals surface area contributed by atoms with Gasteiger partial charge in [-0.25, -0.2) is 0 Å². The molecular formula is C14H17F3N2. The number of hydrogen-bond donors (Lipinski definition) is 2. The zero-order valence-electron chi connectivity index (χ0n) is 10.6. The van der Waals surface area contributed by atoms with Crippen molar-refractivity contribution in [3.63, 3.8) is 0 Å². The molecule has 0 atom stereocenters. The predicted octanol–water partition coefficient (Wildman–Crippen LogP) is 2.98. The first kappa shape index (κ1) is 12.8. The predicted molar refractivity (Wildman–Crippen MR) is 67.8 cm³/mol. The van der Waals surface area contributed by atoms with Gasteiger partial charge in [0.25, 0.3) is 0 Å².